The zero-order chi connectivity index (χ0) is 17.1. The normalized spacial score (nSPS) is 15.6. The highest BCUT2D eigenvalue weighted by atomic mass is 16.1. The van der Waals surface area contributed by atoms with Crippen LogP contribution in [-0.4, -0.2) is 70.1 Å². The van der Waals surface area contributed by atoms with Gasteiger partial charge >= 0.3 is 0 Å². The molecule has 0 atom stereocenters. The van der Waals surface area contributed by atoms with Crippen LogP contribution in [0.2, 0.25) is 0 Å². The molecule has 1 fully saturated rings. The van der Waals surface area contributed by atoms with Crippen molar-refractivity contribution in [2.45, 2.75) is 13.8 Å². The molecule has 130 valence electrons. The Bertz CT molecular complexity index is 712. The molecule has 3 heterocycles. The average molecular weight is 331 g/mol. The summed E-state index contributed by atoms with van der Waals surface area (Å²) in [6.45, 7) is 9.55. The van der Waals surface area contributed by atoms with E-state index in [2.05, 4.69) is 30.8 Å². The first-order valence-corrected chi connectivity index (χ1v) is 8.33. The fourth-order valence-electron chi connectivity index (χ4n) is 3.07. The molecule has 0 radical (unpaired) electrons. The summed E-state index contributed by atoms with van der Waals surface area (Å²) in [6, 6.07) is 1.79. The predicted molar refractivity (Wildman–Crippen MR) is 91.9 cm³/mol. The molecule has 3 rings (SSSR count). The minimum atomic E-state index is -0.122. The zero-order valence-electron chi connectivity index (χ0n) is 14.5. The Balaban J connectivity index is 1.59. The molecular weight excluding hydrogens is 306 g/mol. The highest BCUT2D eigenvalue weighted by Gasteiger charge is 2.17. The van der Waals surface area contributed by atoms with Crippen LogP contribution in [0, 0.1) is 13.8 Å². The minimum Gasteiger partial charge on any atom is -0.349 e. The lowest BCUT2D eigenvalue weighted by atomic mass is 10.1. The van der Waals surface area contributed by atoms with Crippen LogP contribution < -0.4 is 10.6 Å². The molecule has 24 heavy (non-hydrogen) atoms. The molecule has 2 aromatic heterocycles. The molecular formula is C16H25N7O. The summed E-state index contributed by atoms with van der Waals surface area (Å²) in [5.41, 5.74) is 4.16. The quantitative estimate of drug-likeness (QED) is 0.721. The smallest absolute Gasteiger partial charge is 0.269 e. The number of nitrogens with one attached hydrogen (secondary N) is 3. The van der Waals surface area contributed by atoms with Gasteiger partial charge in [-0.3, -0.25) is 19.5 Å². The van der Waals surface area contributed by atoms with Crippen LogP contribution in [0.4, 0.5) is 0 Å². The number of hydrogen-bond donors (Lipinski definition) is 3. The van der Waals surface area contributed by atoms with E-state index in [-0.39, 0.29) is 5.91 Å². The molecule has 0 bridgehead atoms. The highest BCUT2D eigenvalue weighted by Crippen LogP contribution is 2.25. The van der Waals surface area contributed by atoms with Crippen LogP contribution in [-0.2, 0) is 7.05 Å². The number of hydrogen-bond acceptors (Lipinski definition) is 5. The van der Waals surface area contributed by atoms with Gasteiger partial charge in [0, 0.05) is 57.6 Å². The van der Waals surface area contributed by atoms with Crippen molar-refractivity contribution in [3.05, 3.63) is 23.1 Å². The van der Waals surface area contributed by atoms with Crippen LogP contribution in [0.1, 0.15) is 21.9 Å². The third-order valence-electron chi connectivity index (χ3n) is 4.51. The van der Waals surface area contributed by atoms with Crippen molar-refractivity contribution in [2.24, 2.45) is 7.05 Å². The van der Waals surface area contributed by atoms with Gasteiger partial charge in [-0.2, -0.15) is 10.2 Å². The average Bonchev–Trinajstić information content (AvgIpc) is 3.14. The number of rotatable bonds is 5. The van der Waals surface area contributed by atoms with Crippen molar-refractivity contribution in [2.75, 3.05) is 39.3 Å². The van der Waals surface area contributed by atoms with Crippen LogP contribution >= 0.6 is 0 Å². The van der Waals surface area contributed by atoms with Gasteiger partial charge in [0.05, 0.1) is 11.4 Å². The number of amides is 1. The van der Waals surface area contributed by atoms with Crippen molar-refractivity contribution < 1.29 is 4.79 Å². The molecule has 1 saturated heterocycles. The van der Waals surface area contributed by atoms with E-state index in [1.165, 1.54) is 0 Å². The van der Waals surface area contributed by atoms with Gasteiger partial charge in [0.1, 0.15) is 5.69 Å². The maximum absolute atomic E-state index is 12.3. The molecule has 0 unspecified atom stereocenters. The van der Waals surface area contributed by atoms with Gasteiger partial charge in [0.15, 0.2) is 0 Å². The molecule has 1 amide bonds. The van der Waals surface area contributed by atoms with Gasteiger partial charge in [0.25, 0.3) is 5.91 Å². The number of nitrogens with zero attached hydrogens (tertiary/aromatic N) is 4. The molecule has 1 aliphatic heterocycles. The number of H-pyrrole nitrogens is 1. The SMILES string of the molecule is Cc1nn(C)c(C)c1-c1cc(C(=O)NCCN2CCNCC2)[nH]n1. The first-order valence-electron chi connectivity index (χ1n) is 8.33. The van der Waals surface area contributed by atoms with E-state index in [1.807, 2.05) is 25.6 Å². The third-order valence-corrected chi connectivity index (χ3v) is 4.51. The first kappa shape index (κ1) is 16.7. The van der Waals surface area contributed by atoms with Crippen LogP contribution in [0.15, 0.2) is 6.07 Å². The summed E-state index contributed by atoms with van der Waals surface area (Å²) < 4.78 is 1.83. The fraction of sp³-hybridized carbons (Fsp3) is 0.562. The summed E-state index contributed by atoms with van der Waals surface area (Å²) in [7, 11) is 1.90. The number of piperazine rings is 1. The van der Waals surface area contributed by atoms with Crippen LogP contribution in [0.5, 0.6) is 0 Å². The van der Waals surface area contributed by atoms with E-state index in [0.29, 0.717) is 12.2 Å². The minimum absolute atomic E-state index is 0.122. The van der Waals surface area contributed by atoms with E-state index in [4.69, 9.17) is 0 Å². The van der Waals surface area contributed by atoms with Crippen LogP contribution in [0.25, 0.3) is 11.3 Å². The van der Waals surface area contributed by atoms with Gasteiger partial charge in [-0.05, 0) is 19.9 Å². The van der Waals surface area contributed by atoms with Crippen LogP contribution in [0.3, 0.4) is 0 Å². The maximum atomic E-state index is 12.3. The van der Waals surface area contributed by atoms with Crippen molar-refractivity contribution >= 4 is 5.91 Å². The molecule has 0 aliphatic carbocycles. The molecule has 8 nitrogen and oxygen atoms in total. The lowest BCUT2D eigenvalue weighted by molar-refractivity contribution is 0.0942. The van der Waals surface area contributed by atoms with Gasteiger partial charge in [-0.15, -0.1) is 0 Å². The zero-order valence-corrected chi connectivity index (χ0v) is 14.5. The Morgan fingerprint density at radius 3 is 2.75 bits per heavy atom. The highest BCUT2D eigenvalue weighted by molar-refractivity contribution is 5.93. The Morgan fingerprint density at radius 1 is 1.33 bits per heavy atom. The number of aryl methyl sites for hydroxylation is 2. The third kappa shape index (κ3) is 3.49. The van der Waals surface area contributed by atoms with E-state index >= 15 is 0 Å². The Morgan fingerprint density at radius 2 is 2.08 bits per heavy atom. The lowest BCUT2D eigenvalue weighted by Crippen LogP contribution is -2.46. The topological polar surface area (TPSA) is 90.9 Å². The largest absolute Gasteiger partial charge is 0.349 e. The monoisotopic (exact) mass is 331 g/mol. The molecule has 3 N–H and O–H groups in total. The van der Waals surface area contributed by atoms with Gasteiger partial charge in [0.2, 0.25) is 0 Å². The van der Waals surface area contributed by atoms with Gasteiger partial charge in [-0.25, -0.2) is 0 Å². The van der Waals surface area contributed by atoms with Gasteiger partial charge in [-0.1, -0.05) is 0 Å². The second-order valence-corrected chi connectivity index (χ2v) is 6.18. The van der Waals surface area contributed by atoms with Crippen molar-refractivity contribution in [3.63, 3.8) is 0 Å². The van der Waals surface area contributed by atoms with E-state index in [9.17, 15) is 4.79 Å². The summed E-state index contributed by atoms with van der Waals surface area (Å²) in [6.07, 6.45) is 0. The first-order chi connectivity index (χ1) is 11.6. The molecule has 8 heteroatoms. The summed E-state index contributed by atoms with van der Waals surface area (Å²) >= 11 is 0. The molecule has 0 saturated carbocycles. The second kappa shape index (κ2) is 7.14. The van der Waals surface area contributed by atoms with E-state index in [1.54, 1.807) is 6.07 Å². The molecule has 0 spiro atoms. The van der Waals surface area contributed by atoms with E-state index < -0.39 is 0 Å². The Kier molecular flexibility index (Phi) is 4.96. The van der Waals surface area contributed by atoms with Crippen molar-refractivity contribution in [1.82, 2.24) is 35.5 Å². The number of carbonyl (C=O) groups excluding carboxylic acids is 1. The number of aromatic amines is 1. The lowest BCUT2D eigenvalue weighted by Gasteiger charge is -2.26. The summed E-state index contributed by atoms with van der Waals surface area (Å²) in [4.78, 5) is 14.6. The Hall–Kier alpha value is -2.19. The molecule has 1 aliphatic rings. The van der Waals surface area contributed by atoms with Gasteiger partial charge < -0.3 is 10.6 Å². The molecule has 2 aromatic rings. The van der Waals surface area contributed by atoms with E-state index in [0.717, 1.165) is 55.4 Å². The summed E-state index contributed by atoms with van der Waals surface area (Å²) in [5.74, 6) is -0.122. The Labute approximate surface area is 141 Å². The fourth-order valence-corrected chi connectivity index (χ4v) is 3.07. The number of aromatic nitrogens is 4. The maximum Gasteiger partial charge on any atom is 0.269 e. The van der Waals surface area contributed by atoms with Crippen molar-refractivity contribution in [3.8, 4) is 11.3 Å². The van der Waals surface area contributed by atoms with Crippen molar-refractivity contribution in [1.29, 1.82) is 0 Å². The number of carbonyl (C=O) groups is 1. The standard InChI is InChI=1S/C16H25N7O/c1-11-15(12(2)22(3)21-11)13-10-14(20-19-13)16(24)18-6-9-23-7-4-17-5-8-23/h10,17H,4-9H2,1-3H3,(H,18,24)(H,19,20). The molecule has 0 aromatic carbocycles. The predicted octanol–water partition coefficient (Wildman–Crippen LogP) is 0.0620. The second-order valence-electron chi connectivity index (χ2n) is 6.18. The summed E-state index contributed by atoms with van der Waals surface area (Å²) in [5, 5.41) is 17.8.